The number of hydrogen-bond donors (Lipinski definition) is 1. The van der Waals surface area contributed by atoms with Crippen molar-refractivity contribution < 1.29 is 17.6 Å². The van der Waals surface area contributed by atoms with Gasteiger partial charge < -0.3 is 4.42 Å². The van der Waals surface area contributed by atoms with E-state index in [1.165, 1.54) is 11.9 Å². The normalized spacial score (nSPS) is 17.5. The molecule has 1 aliphatic rings. The van der Waals surface area contributed by atoms with E-state index in [4.69, 9.17) is 16.0 Å². The van der Waals surface area contributed by atoms with E-state index in [0.29, 0.717) is 23.6 Å². The van der Waals surface area contributed by atoms with Gasteiger partial charge in [-0.2, -0.15) is 5.10 Å². The smallest absolute Gasteiger partial charge is 0.240 e. The van der Waals surface area contributed by atoms with Crippen LogP contribution in [-0.2, 0) is 14.8 Å². The quantitative estimate of drug-likeness (QED) is 0.881. The molecule has 0 fully saturated rings. The van der Waals surface area contributed by atoms with Crippen LogP contribution >= 0.6 is 11.6 Å². The van der Waals surface area contributed by atoms with E-state index in [2.05, 4.69) is 9.82 Å². The van der Waals surface area contributed by atoms with Gasteiger partial charge in [0.1, 0.15) is 11.8 Å². The molecule has 2 aromatic rings. The molecule has 1 amide bonds. The van der Waals surface area contributed by atoms with Crippen molar-refractivity contribution >= 4 is 38.9 Å². The summed E-state index contributed by atoms with van der Waals surface area (Å²) in [5.74, 6) is 0.322. The molecule has 1 unspecified atom stereocenters. The van der Waals surface area contributed by atoms with Crippen LogP contribution < -0.4 is 4.72 Å². The summed E-state index contributed by atoms with van der Waals surface area (Å²) < 4.78 is 30.6. The van der Waals surface area contributed by atoms with Gasteiger partial charge in [-0.3, -0.25) is 9.52 Å². The lowest BCUT2D eigenvalue weighted by molar-refractivity contribution is -0.130. The van der Waals surface area contributed by atoms with E-state index in [9.17, 15) is 13.2 Å². The number of benzene rings is 1. The van der Waals surface area contributed by atoms with Crippen LogP contribution in [0.3, 0.4) is 0 Å². The summed E-state index contributed by atoms with van der Waals surface area (Å²) in [6.07, 6.45) is 1.52. The van der Waals surface area contributed by atoms with Crippen molar-refractivity contribution in [3.05, 3.63) is 52.9 Å². The molecule has 1 N–H and O–H groups in total. The molecule has 0 aliphatic carbocycles. The highest BCUT2D eigenvalue weighted by Crippen LogP contribution is 2.34. The number of furan rings is 1. The summed E-state index contributed by atoms with van der Waals surface area (Å²) in [5, 5.41) is 5.97. The Labute approximate surface area is 150 Å². The van der Waals surface area contributed by atoms with Gasteiger partial charge >= 0.3 is 0 Å². The van der Waals surface area contributed by atoms with E-state index in [1.54, 1.807) is 30.3 Å². The van der Waals surface area contributed by atoms with E-state index in [-0.39, 0.29) is 17.2 Å². The second-order valence-electron chi connectivity index (χ2n) is 5.73. The first-order valence-corrected chi connectivity index (χ1v) is 9.70. The molecule has 1 atom stereocenters. The summed E-state index contributed by atoms with van der Waals surface area (Å²) in [4.78, 5) is 11.9. The third-order valence-corrected chi connectivity index (χ3v) is 4.46. The van der Waals surface area contributed by atoms with Crippen LogP contribution in [0.5, 0.6) is 0 Å². The van der Waals surface area contributed by atoms with Crippen LogP contribution in [0.25, 0.3) is 0 Å². The van der Waals surface area contributed by atoms with Crippen LogP contribution in [0.2, 0.25) is 5.22 Å². The van der Waals surface area contributed by atoms with Crippen LogP contribution in [0.15, 0.2) is 45.9 Å². The number of rotatable bonds is 4. The van der Waals surface area contributed by atoms with Crippen LogP contribution in [-0.4, -0.2) is 31.3 Å². The molecule has 1 aromatic heterocycles. The summed E-state index contributed by atoms with van der Waals surface area (Å²) in [7, 11) is -3.38. The van der Waals surface area contributed by atoms with E-state index in [0.717, 1.165) is 11.8 Å². The average molecular weight is 382 g/mol. The topological polar surface area (TPSA) is 92.0 Å². The second-order valence-corrected chi connectivity index (χ2v) is 7.85. The van der Waals surface area contributed by atoms with Gasteiger partial charge in [-0.25, -0.2) is 13.4 Å². The number of hydrogen-bond acceptors (Lipinski definition) is 5. The fraction of sp³-hybridized carbons (Fsp3) is 0.250. The summed E-state index contributed by atoms with van der Waals surface area (Å²) in [6.45, 7) is 1.42. The molecule has 1 aromatic carbocycles. The molecular weight excluding hydrogens is 366 g/mol. The number of hydrazone groups is 1. The molecular formula is C16H16ClN3O4S. The Morgan fingerprint density at radius 3 is 2.72 bits per heavy atom. The lowest BCUT2D eigenvalue weighted by Crippen LogP contribution is -2.23. The Hall–Kier alpha value is -2.32. The highest BCUT2D eigenvalue weighted by Gasteiger charge is 2.33. The standard InChI is InChI=1S/C16H16ClN3O4S/c1-10(21)20-14(15-6-7-16(17)24-15)9-13(18-20)11-4-3-5-12(8-11)19-25(2,22)23/h3-8,14,19H,9H2,1-2H3. The lowest BCUT2D eigenvalue weighted by Gasteiger charge is -2.17. The van der Waals surface area contributed by atoms with Crippen LogP contribution in [0, 0.1) is 0 Å². The molecule has 7 nitrogen and oxygen atoms in total. The van der Waals surface area contributed by atoms with Gasteiger partial charge in [0.2, 0.25) is 15.9 Å². The maximum atomic E-state index is 11.9. The monoisotopic (exact) mass is 381 g/mol. The van der Waals surface area contributed by atoms with Crippen molar-refractivity contribution in [3.8, 4) is 0 Å². The molecule has 132 valence electrons. The summed E-state index contributed by atoms with van der Waals surface area (Å²) in [6, 6.07) is 9.80. The highest BCUT2D eigenvalue weighted by atomic mass is 35.5. The number of amides is 1. The van der Waals surface area contributed by atoms with Crippen molar-refractivity contribution in [1.29, 1.82) is 0 Å². The van der Waals surface area contributed by atoms with Crippen molar-refractivity contribution in [1.82, 2.24) is 5.01 Å². The molecule has 0 saturated carbocycles. The number of halogens is 1. The largest absolute Gasteiger partial charge is 0.447 e. The van der Waals surface area contributed by atoms with Crippen molar-refractivity contribution in [2.45, 2.75) is 19.4 Å². The van der Waals surface area contributed by atoms with Gasteiger partial charge in [-0.05, 0) is 41.4 Å². The number of nitrogens with one attached hydrogen (secondary N) is 1. The van der Waals surface area contributed by atoms with E-state index >= 15 is 0 Å². The van der Waals surface area contributed by atoms with Gasteiger partial charge in [0.25, 0.3) is 0 Å². The van der Waals surface area contributed by atoms with Crippen molar-refractivity contribution in [2.24, 2.45) is 5.10 Å². The van der Waals surface area contributed by atoms with E-state index in [1.807, 2.05) is 6.07 Å². The van der Waals surface area contributed by atoms with Crippen molar-refractivity contribution in [3.63, 3.8) is 0 Å². The first-order chi connectivity index (χ1) is 11.7. The maximum Gasteiger partial charge on any atom is 0.240 e. The first kappa shape index (κ1) is 17.5. The Kier molecular flexibility index (Phi) is 4.57. The third-order valence-electron chi connectivity index (χ3n) is 3.65. The fourth-order valence-corrected chi connectivity index (χ4v) is 3.39. The molecule has 1 aliphatic heterocycles. The van der Waals surface area contributed by atoms with E-state index < -0.39 is 10.0 Å². The number of anilines is 1. The van der Waals surface area contributed by atoms with Gasteiger partial charge in [0.05, 0.1) is 12.0 Å². The number of nitrogens with zero attached hydrogens (tertiary/aromatic N) is 2. The lowest BCUT2D eigenvalue weighted by atomic mass is 10.0. The third kappa shape index (κ3) is 4.02. The predicted octanol–water partition coefficient (Wildman–Crippen LogP) is 3.00. The number of carbonyl (C=O) groups is 1. The summed E-state index contributed by atoms with van der Waals surface area (Å²) >= 11 is 5.83. The SMILES string of the molecule is CC(=O)N1N=C(c2cccc(NS(C)(=O)=O)c2)CC1c1ccc(Cl)o1. The summed E-state index contributed by atoms with van der Waals surface area (Å²) in [5.41, 5.74) is 1.81. The minimum absolute atomic E-state index is 0.224. The second kappa shape index (κ2) is 6.53. The molecule has 0 radical (unpaired) electrons. The Bertz CT molecular complexity index is 952. The first-order valence-electron chi connectivity index (χ1n) is 7.44. The molecule has 0 bridgehead atoms. The average Bonchev–Trinajstić information content (AvgIpc) is 3.11. The number of sulfonamides is 1. The van der Waals surface area contributed by atoms with Gasteiger partial charge in [-0.15, -0.1) is 0 Å². The molecule has 25 heavy (non-hydrogen) atoms. The minimum Gasteiger partial charge on any atom is -0.447 e. The number of carbonyl (C=O) groups excluding carboxylic acids is 1. The molecule has 9 heteroatoms. The predicted molar refractivity (Wildman–Crippen MR) is 95.0 cm³/mol. The maximum absolute atomic E-state index is 11.9. The zero-order chi connectivity index (χ0) is 18.2. The minimum atomic E-state index is -3.38. The fourth-order valence-electron chi connectivity index (χ4n) is 2.68. The van der Waals surface area contributed by atoms with Crippen molar-refractivity contribution in [2.75, 3.05) is 11.0 Å². The van der Waals surface area contributed by atoms with Gasteiger partial charge in [0, 0.05) is 19.0 Å². The van der Waals surface area contributed by atoms with Crippen LogP contribution in [0.4, 0.5) is 5.69 Å². The van der Waals surface area contributed by atoms with Gasteiger partial charge in [-0.1, -0.05) is 12.1 Å². The van der Waals surface area contributed by atoms with Gasteiger partial charge in [0.15, 0.2) is 5.22 Å². The highest BCUT2D eigenvalue weighted by molar-refractivity contribution is 7.92. The molecule has 0 spiro atoms. The zero-order valence-electron chi connectivity index (χ0n) is 13.6. The Balaban J connectivity index is 1.91. The molecule has 0 saturated heterocycles. The van der Waals surface area contributed by atoms with Crippen LogP contribution in [0.1, 0.15) is 30.7 Å². The molecule has 3 rings (SSSR count). The zero-order valence-corrected chi connectivity index (χ0v) is 15.1. The Morgan fingerprint density at radius 1 is 1.36 bits per heavy atom. The molecule has 2 heterocycles. The Morgan fingerprint density at radius 2 is 2.12 bits per heavy atom.